The van der Waals surface area contributed by atoms with Gasteiger partial charge in [0.05, 0.1) is 34.6 Å². The van der Waals surface area contributed by atoms with Gasteiger partial charge in [-0.25, -0.2) is 9.59 Å². The van der Waals surface area contributed by atoms with Crippen molar-refractivity contribution in [2.75, 3.05) is 23.0 Å². The van der Waals surface area contributed by atoms with Crippen molar-refractivity contribution in [3.05, 3.63) is 88.4 Å². The third-order valence-electron chi connectivity index (χ3n) is 8.18. The number of rotatable bonds is 5. The largest absolute Gasteiger partial charge is 0.478 e. The Morgan fingerprint density at radius 1 is 1.03 bits per heavy atom. The predicted octanol–water partition coefficient (Wildman–Crippen LogP) is 5.91. The fourth-order valence-corrected chi connectivity index (χ4v) is 6.56. The molecule has 7 nitrogen and oxygen atoms in total. The number of hydrogen-bond donors (Lipinski definition) is 1. The first kappa shape index (κ1) is 23.6. The summed E-state index contributed by atoms with van der Waals surface area (Å²) in [5, 5.41) is 10.5. The molecule has 6 rings (SSSR count). The molecule has 1 saturated heterocycles. The Kier molecular flexibility index (Phi) is 5.14. The molecule has 0 aromatic heterocycles. The van der Waals surface area contributed by atoms with Crippen LogP contribution in [0.2, 0.25) is 5.02 Å². The molecule has 2 amide bonds. The molecule has 3 aromatic carbocycles. The number of aromatic carboxylic acids is 1. The third-order valence-corrected chi connectivity index (χ3v) is 8.43. The normalized spacial score (nSPS) is 24.1. The molecule has 3 aliphatic rings. The Morgan fingerprint density at radius 2 is 1.73 bits per heavy atom. The van der Waals surface area contributed by atoms with E-state index in [1.807, 2.05) is 48.5 Å². The van der Waals surface area contributed by atoms with Gasteiger partial charge in [0.15, 0.2) is 0 Å². The van der Waals surface area contributed by atoms with Crippen LogP contribution in [0.15, 0.2) is 66.7 Å². The summed E-state index contributed by atoms with van der Waals surface area (Å²) in [6.07, 6.45) is 0.0946. The first-order valence-electron chi connectivity index (χ1n) is 12.2. The van der Waals surface area contributed by atoms with Gasteiger partial charge in [-0.2, -0.15) is 0 Å². The number of ether oxygens (including phenoxy) is 1. The van der Waals surface area contributed by atoms with Gasteiger partial charge in [-0.1, -0.05) is 55.8 Å². The quantitative estimate of drug-likeness (QED) is 0.455. The zero-order valence-electron chi connectivity index (χ0n) is 20.4. The van der Waals surface area contributed by atoms with Crippen LogP contribution in [-0.4, -0.2) is 36.2 Å². The highest BCUT2D eigenvalue weighted by Gasteiger charge is 2.77. The minimum absolute atomic E-state index is 0.0120. The lowest BCUT2D eigenvalue weighted by molar-refractivity contribution is -0.120. The third kappa shape index (κ3) is 3.16. The Labute approximate surface area is 219 Å². The molecule has 2 aliphatic heterocycles. The summed E-state index contributed by atoms with van der Waals surface area (Å²) in [6.45, 7) is 4.79. The number of carbonyl (C=O) groups is 3. The molecular formula is C29H25ClN2O5. The predicted molar refractivity (Wildman–Crippen MR) is 140 cm³/mol. The minimum Gasteiger partial charge on any atom is -0.478 e. The highest BCUT2D eigenvalue weighted by molar-refractivity contribution is 6.30. The number of carbonyl (C=O) groups excluding carboxylic acids is 2. The average molecular weight is 517 g/mol. The number of fused-ring (bicyclic) bond motifs is 2. The smallest absolute Gasteiger partial charge is 0.414 e. The maximum atomic E-state index is 14.5. The van der Waals surface area contributed by atoms with E-state index in [0.29, 0.717) is 29.4 Å². The van der Waals surface area contributed by atoms with E-state index >= 15 is 0 Å². The summed E-state index contributed by atoms with van der Waals surface area (Å²) < 4.78 is 5.07. The van der Waals surface area contributed by atoms with Crippen LogP contribution in [0.1, 0.15) is 41.8 Å². The van der Waals surface area contributed by atoms with Crippen molar-refractivity contribution in [2.24, 2.45) is 5.92 Å². The summed E-state index contributed by atoms with van der Waals surface area (Å²) in [7, 11) is 0. The van der Waals surface area contributed by atoms with E-state index in [9.17, 15) is 19.5 Å². The summed E-state index contributed by atoms with van der Waals surface area (Å²) in [5.74, 6) is -1.10. The van der Waals surface area contributed by atoms with Crippen LogP contribution in [0.5, 0.6) is 0 Å². The first-order chi connectivity index (χ1) is 17.7. The van der Waals surface area contributed by atoms with Crippen LogP contribution in [0.25, 0.3) is 0 Å². The zero-order chi connectivity index (χ0) is 26.1. The van der Waals surface area contributed by atoms with Crippen LogP contribution in [0, 0.1) is 5.92 Å². The Hall–Kier alpha value is -3.84. The Bertz CT molecular complexity index is 1470. The summed E-state index contributed by atoms with van der Waals surface area (Å²) in [4.78, 5) is 41.9. The number of amides is 2. The number of benzene rings is 3. The van der Waals surface area contributed by atoms with Crippen LogP contribution >= 0.6 is 11.6 Å². The molecule has 1 aliphatic carbocycles. The van der Waals surface area contributed by atoms with Crippen molar-refractivity contribution >= 4 is 46.6 Å². The highest BCUT2D eigenvalue weighted by Crippen LogP contribution is 2.73. The molecule has 1 spiro atoms. The van der Waals surface area contributed by atoms with Crippen molar-refractivity contribution in [1.82, 2.24) is 0 Å². The van der Waals surface area contributed by atoms with Crippen molar-refractivity contribution in [3.8, 4) is 0 Å². The van der Waals surface area contributed by atoms with Crippen molar-refractivity contribution < 1.29 is 24.2 Å². The second kappa shape index (κ2) is 8.08. The van der Waals surface area contributed by atoms with Gasteiger partial charge in [0.2, 0.25) is 5.91 Å². The van der Waals surface area contributed by atoms with Crippen LogP contribution in [0.4, 0.5) is 21.9 Å². The van der Waals surface area contributed by atoms with Gasteiger partial charge in [0.1, 0.15) is 6.61 Å². The maximum Gasteiger partial charge on any atom is 0.414 e. The summed E-state index contributed by atoms with van der Waals surface area (Å²) in [5.41, 5.74) is 2.24. The van der Waals surface area contributed by atoms with E-state index in [2.05, 4.69) is 13.8 Å². The van der Waals surface area contributed by atoms with Gasteiger partial charge in [0, 0.05) is 10.4 Å². The molecular weight excluding hydrogens is 492 g/mol. The molecule has 37 heavy (non-hydrogen) atoms. The summed E-state index contributed by atoms with van der Waals surface area (Å²) in [6, 6.07) is 20.0. The number of para-hydroxylation sites is 1. The second-order valence-corrected chi connectivity index (χ2v) is 10.6. The SMILES string of the molecule is CC(C)[C@]1(c2ccc(Cl)cc2)CC12C(=O)N(c1cc(C(=O)O)cc(N3CCOC3=O)c1)c1ccccc12. The number of halogens is 1. The van der Waals surface area contributed by atoms with Crippen molar-refractivity contribution in [3.63, 3.8) is 0 Å². The second-order valence-electron chi connectivity index (χ2n) is 10.2. The molecule has 2 atom stereocenters. The minimum atomic E-state index is -1.14. The van der Waals surface area contributed by atoms with Gasteiger partial charge in [-0.15, -0.1) is 0 Å². The molecule has 3 aromatic rings. The first-order valence-corrected chi connectivity index (χ1v) is 12.6. The average Bonchev–Trinajstić information content (AvgIpc) is 3.32. The molecule has 2 heterocycles. The van der Waals surface area contributed by atoms with E-state index in [1.165, 1.54) is 17.0 Å². The molecule has 1 N–H and O–H groups in total. The van der Waals surface area contributed by atoms with Gasteiger partial charge >= 0.3 is 12.1 Å². The van der Waals surface area contributed by atoms with E-state index in [1.54, 1.807) is 11.0 Å². The molecule has 8 heteroatoms. The van der Waals surface area contributed by atoms with Crippen LogP contribution in [-0.2, 0) is 20.4 Å². The van der Waals surface area contributed by atoms with Crippen LogP contribution in [0.3, 0.4) is 0 Å². The van der Waals surface area contributed by atoms with Gasteiger partial charge in [-0.3, -0.25) is 14.6 Å². The highest BCUT2D eigenvalue weighted by atomic mass is 35.5. The number of anilines is 3. The topological polar surface area (TPSA) is 87.2 Å². The lowest BCUT2D eigenvalue weighted by Gasteiger charge is -2.27. The fourth-order valence-electron chi connectivity index (χ4n) is 6.43. The van der Waals surface area contributed by atoms with Gasteiger partial charge < -0.3 is 9.84 Å². The van der Waals surface area contributed by atoms with Gasteiger partial charge in [0.25, 0.3) is 0 Å². The van der Waals surface area contributed by atoms with Crippen molar-refractivity contribution in [2.45, 2.75) is 31.1 Å². The fraction of sp³-hybridized carbons (Fsp3) is 0.276. The van der Waals surface area contributed by atoms with Gasteiger partial charge in [-0.05, 0) is 59.9 Å². The molecule has 2 fully saturated rings. The van der Waals surface area contributed by atoms with E-state index in [-0.39, 0.29) is 24.0 Å². The standard InChI is InChI=1S/C29H25ClN2O5/c1-17(2)28(19-7-9-20(30)10-8-19)16-29(28)23-5-3-4-6-24(23)32(26(29)35)22-14-18(25(33)34)13-21(15-22)31-11-12-37-27(31)36/h3-10,13-15,17H,11-12,16H2,1-2H3,(H,33,34)/t28-,29?/m0/s1. The Balaban J connectivity index is 1.53. The maximum absolute atomic E-state index is 14.5. The summed E-state index contributed by atoms with van der Waals surface area (Å²) >= 11 is 6.19. The molecule has 1 saturated carbocycles. The Morgan fingerprint density at radius 3 is 2.38 bits per heavy atom. The van der Waals surface area contributed by atoms with E-state index in [4.69, 9.17) is 16.3 Å². The lowest BCUT2D eigenvalue weighted by Crippen LogP contribution is -2.36. The monoisotopic (exact) mass is 516 g/mol. The molecule has 188 valence electrons. The number of nitrogens with zero attached hydrogens (tertiary/aromatic N) is 2. The number of hydrogen-bond acceptors (Lipinski definition) is 4. The molecule has 0 radical (unpaired) electrons. The van der Waals surface area contributed by atoms with E-state index < -0.39 is 22.9 Å². The van der Waals surface area contributed by atoms with E-state index in [0.717, 1.165) is 16.8 Å². The molecule has 0 bridgehead atoms. The number of carboxylic acids is 1. The zero-order valence-corrected chi connectivity index (χ0v) is 21.2. The molecule has 1 unspecified atom stereocenters. The van der Waals surface area contributed by atoms with Crippen LogP contribution < -0.4 is 9.80 Å². The lowest BCUT2D eigenvalue weighted by atomic mass is 9.75. The number of carboxylic acid groups (broad SMARTS) is 1. The number of cyclic esters (lactones) is 1. The van der Waals surface area contributed by atoms with Crippen molar-refractivity contribution in [1.29, 1.82) is 0 Å².